The van der Waals surface area contributed by atoms with Gasteiger partial charge in [0.05, 0.1) is 11.6 Å². The summed E-state index contributed by atoms with van der Waals surface area (Å²) < 4.78 is 0. The van der Waals surface area contributed by atoms with E-state index in [1.165, 1.54) is 16.9 Å². The van der Waals surface area contributed by atoms with E-state index < -0.39 is 0 Å². The Labute approximate surface area is 171 Å². The van der Waals surface area contributed by atoms with Crippen LogP contribution in [0, 0.1) is 0 Å². The molecule has 2 saturated heterocycles. The zero-order valence-corrected chi connectivity index (χ0v) is 17.3. The van der Waals surface area contributed by atoms with Crippen LogP contribution in [-0.4, -0.2) is 41.2 Å². The van der Waals surface area contributed by atoms with Crippen LogP contribution in [0.2, 0.25) is 0 Å². The second-order valence-corrected chi connectivity index (χ2v) is 8.88. The highest BCUT2D eigenvalue weighted by atomic mass is 32.1. The molecule has 148 valence electrons. The van der Waals surface area contributed by atoms with E-state index in [2.05, 4.69) is 35.2 Å². The summed E-state index contributed by atoms with van der Waals surface area (Å²) in [5.74, 6) is 0.795. The molecule has 3 heterocycles. The minimum Gasteiger partial charge on any atom is -0.343 e. The van der Waals surface area contributed by atoms with Crippen molar-refractivity contribution in [2.75, 3.05) is 19.6 Å². The molecule has 2 aromatic rings. The first-order chi connectivity index (χ1) is 13.6. The van der Waals surface area contributed by atoms with Gasteiger partial charge in [0.1, 0.15) is 0 Å². The summed E-state index contributed by atoms with van der Waals surface area (Å²) in [5.41, 5.74) is 2.07. The molecular formula is C23H28N2O2S. The number of piperidine rings is 2. The lowest BCUT2D eigenvalue weighted by atomic mass is 9.93. The van der Waals surface area contributed by atoms with Gasteiger partial charge in [0, 0.05) is 36.8 Å². The van der Waals surface area contributed by atoms with Gasteiger partial charge in [0.25, 0.3) is 5.91 Å². The van der Waals surface area contributed by atoms with E-state index in [0.717, 1.165) is 50.9 Å². The highest BCUT2D eigenvalue weighted by Crippen LogP contribution is 2.35. The maximum atomic E-state index is 13.3. The molecule has 0 aliphatic carbocycles. The van der Waals surface area contributed by atoms with Crippen molar-refractivity contribution < 1.29 is 9.59 Å². The molecule has 4 nitrogen and oxygen atoms in total. The van der Waals surface area contributed by atoms with Gasteiger partial charge in [-0.3, -0.25) is 9.59 Å². The molecule has 2 amide bonds. The van der Waals surface area contributed by atoms with Crippen LogP contribution in [0.3, 0.4) is 0 Å². The first-order valence-electron chi connectivity index (χ1n) is 10.3. The van der Waals surface area contributed by atoms with E-state index >= 15 is 0 Å². The number of hydrogen-bond acceptors (Lipinski definition) is 3. The van der Waals surface area contributed by atoms with Gasteiger partial charge >= 0.3 is 0 Å². The molecule has 0 radical (unpaired) electrons. The van der Waals surface area contributed by atoms with E-state index in [0.29, 0.717) is 5.92 Å². The third-order valence-corrected chi connectivity index (χ3v) is 7.25. The summed E-state index contributed by atoms with van der Waals surface area (Å²) in [6, 6.07) is 12.7. The third kappa shape index (κ3) is 4.00. The van der Waals surface area contributed by atoms with Crippen LogP contribution < -0.4 is 0 Å². The van der Waals surface area contributed by atoms with Gasteiger partial charge < -0.3 is 9.80 Å². The Morgan fingerprint density at radius 3 is 2.46 bits per heavy atom. The summed E-state index contributed by atoms with van der Waals surface area (Å²) >= 11 is 1.70. The summed E-state index contributed by atoms with van der Waals surface area (Å²) in [5, 5.41) is 2.03. The van der Waals surface area contributed by atoms with E-state index in [1.807, 2.05) is 16.3 Å². The lowest BCUT2D eigenvalue weighted by Gasteiger charge is -2.36. The number of hydrogen-bond donors (Lipinski definition) is 0. The van der Waals surface area contributed by atoms with Crippen molar-refractivity contribution in [3.8, 4) is 0 Å². The van der Waals surface area contributed by atoms with E-state index in [1.54, 1.807) is 18.3 Å². The summed E-state index contributed by atoms with van der Waals surface area (Å²) in [6.07, 6.45) is 5.27. The number of rotatable bonds is 3. The largest absolute Gasteiger partial charge is 0.343 e. The monoisotopic (exact) mass is 396 g/mol. The Kier molecular flexibility index (Phi) is 5.81. The highest BCUT2D eigenvalue weighted by molar-refractivity contribution is 7.10. The standard InChI is InChI=1S/C23H28N2O2S/c1-17(26)24-13-10-19(11-14-24)22-15-20(16-28-22)23(27)25-12-6-5-9-21(25)18-7-3-2-4-8-18/h2-4,7-8,15-16,19,21H,5-6,9-14H2,1H3. The Hall–Kier alpha value is -2.14. The fraction of sp³-hybridized carbons (Fsp3) is 0.478. The Balaban J connectivity index is 1.47. The molecule has 2 aliphatic heterocycles. The van der Waals surface area contributed by atoms with Gasteiger partial charge in [-0.05, 0) is 49.7 Å². The van der Waals surface area contributed by atoms with Gasteiger partial charge in [-0.25, -0.2) is 0 Å². The van der Waals surface area contributed by atoms with Crippen molar-refractivity contribution in [1.29, 1.82) is 0 Å². The van der Waals surface area contributed by atoms with Gasteiger partial charge in [-0.15, -0.1) is 11.3 Å². The van der Waals surface area contributed by atoms with Crippen molar-refractivity contribution in [2.24, 2.45) is 0 Å². The highest BCUT2D eigenvalue weighted by Gasteiger charge is 2.30. The maximum Gasteiger partial charge on any atom is 0.255 e. The predicted molar refractivity (Wildman–Crippen MR) is 113 cm³/mol. The molecule has 1 aromatic carbocycles. The van der Waals surface area contributed by atoms with E-state index in [-0.39, 0.29) is 17.9 Å². The average Bonchev–Trinajstić information content (AvgIpc) is 3.24. The number of thiophene rings is 1. The van der Waals surface area contributed by atoms with E-state index in [9.17, 15) is 9.59 Å². The zero-order valence-electron chi connectivity index (χ0n) is 16.5. The van der Waals surface area contributed by atoms with Gasteiger partial charge in [-0.1, -0.05) is 30.3 Å². The van der Waals surface area contributed by atoms with Crippen LogP contribution in [0.15, 0.2) is 41.8 Å². The molecule has 0 saturated carbocycles. The molecule has 1 unspecified atom stereocenters. The Morgan fingerprint density at radius 1 is 1.00 bits per heavy atom. The number of likely N-dealkylation sites (tertiary alicyclic amines) is 2. The van der Waals surface area contributed by atoms with Crippen LogP contribution in [0.25, 0.3) is 0 Å². The van der Waals surface area contributed by atoms with Crippen molar-refractivity contribution in [1.82, 2.24) is 9.80 Å². The molecule has 4 rings (SSSR count). The van der Waals surface area contributed by atoms with Crippen LogP contribution in [-0.2, 0) is 4.79 Å². The van der Waals surface area contributed by atoms with Gasteiger partial charge in [0.15, 0.2) is 0 Å². The first kappa shape index (κ1) is 19.2. The van der Waals surface area contributed by atoms with Crippen LogP contribution in [0.5, 0.6) is 0 Å². The SMILES string of the molecule is CC(=O)N1CCC(c2cc(C(=O)N3CCCCC3c3ccccc3)cs2)CC1. The van der Waals surface area contributed by atoms with Crippen LogP contribution >= 0.6 is 11.3 Å². The number of benzene rings is 1. The molecular weight excluding hydrogens is 368 g/mol. The number of carbonyl (C=O) groups excluding carboxylic acids is 2. The van der Waals surface area contributed by atoms with Crippen molar-refractivity contribution in [3.63, 3.8) is 0 Å². The molecule has 0 spiro atoms. The third-order valence-electron chi connectivity index (χ3n) is 6.16. The van der Waals surface area contributed by atoms with Crippen LogP contribution in [0.4, 0.5) is 0 Å². The number of carbonyl (C=O) groups is 2. The Bertz CT molecular complexity index is 824. The molecule has 2 fully saturated rings. The fourth-order valence-corrected chi connectivity index (χ4v) is 5.58. The van der Waals surface area contributed by atoms with Crippen molar-refractivity contribution >= 4 is 23.2 Å². The molecule has 1 aromatic heterocycles. The second-order valence-electron chi connectivity index (χ2n) is 7.94. The topological polar surface area (TPSA) is 40.6 Å². The normalized spacial score (nSPS) is 21.0. The molecule has 1 atom stereocenters. The summed E-state index contributed by atoms with van der Waals surface area (Å²) in [6.45, 7) is 4.12. The van der Waals surface area contributed by atoms with Crippen molar-refractivity contribution in [2.45, 2.75) is 51.0 Å². The number of amides is 2. The first-order valence-corrected chi connectivity index (χ1v) is 11.2. The molecule has 28 heavy (non-hydrogen) atoms. The quantitative estimate of drug-likeness (QED) is 0.745. The van der Waals surface area contributed by atoms with E-state index in [4.69, 9.17) is 0 Å². The molecule has 0 N–H and O–H groups in total. The second kappa shape index (κ2) is 8.48. The molecule has 5 heteroatoms. The molecule has 2 aliphatic rings. The molecule has 0 bridgehead atoms. The smallest absolute Gasteiger partial charge is 0.255 e. The average molecular weight is 397 g/mol. The lowest BCUT2D eigenvalue weighted by molar-refractivity contribution is -0.129. The summed E-state index contributed by atoms with van der Waals surface area (Å²) in [7, 11) is 0. The Morgan fingerprint density at radius 2 is 1.75 bits per heavy atom. The van der Waals surface area contributed by atoms with Gasteiger partial charge in [-0.2, -0.15) is 0 Å². The lowest BCUT2D eigenvalue weighted by Crippen LogP contribution is -2.38. The van der Waals surface area contributed by atoms with Gasteiger partial charge in [0.2, 0.25) is 5.91 Å². The number of nitrogens with zero attached hydrogens (tertiary/aromatic N) is 2. The minimum absolute atomic E-state index is 0.164. The van der Waals surface area contributed by atoms with Crippen molar-refractivity contribution in [3.05, 3.63) is 57.8 Å². The maximum absolute atomic E-state index is 13.3. The predicted octanol–water partition coefficient (Wildman–Crippen LogP) is 4.84. The summed E-state index contributed by atoms with van der Waals surface area (Å²) in [4.78, 5) is 30.1. The van der Waals surface area contributed by atoms with Crippen LogP contribution in [0.1, 0.15) is 71.8 Å². The fourth-order valence-electron chi connectivity index (χ4n) is 4.52. The zero-order chi connectivity index (χ0) is 19.5. The minimum atomic E-state index is 0.164.